The third-order valence-corrected chi connectivity index (χ3v) is 11.7. The van der Waals surface area contributed by atoms with Gasteiger partial charge in [0.2, 0.25) is 5.82 Å². The van der Waals surface area contributed by atoms with Crippen LogP contribution in [0.3, 0.4) is 0 Å². The summed E-state index contributed by atoms with van der Waals surface area (Å²) in [6.07, 6.45) is 27.2. The Morgan fingerprint density at radius 2 is 1.34 bits per heavy atom. The van der Waals surface area contributed by atoms with Gasteiger partial charge in [0.25, 0.3) is 0 Å². The molecule has 5 rings (SSSR count). The fraction of sp³-hybridized carbons (Fsp3) is 0.784. The third kappa shape index (κ3) is 7.95. The molecule has 1 aliphatic heterocycles. The number of hydrogen-bond donors (Lipinski definition) is 0. The first-order chi connectivity index (χ1) is 20.1. The quantitative estimate of drug-likeness (QED) is 0.261. The Labute approximate surface area is 249 Å². The van der Waals surface area contributed by atoms with Gasteiger partial charge in [-0.2, -0.15) is 4.39 Å². The van der Waals surface area contributed by atoms with Gasteiger partial charge in [-0.3, -0.25) is 0 Å². The van der Waals surface area contributed by atoms with Crippen LogP contribution in [-0.4, -0.2) is 19.3 Å². The van der Waals surface area contributed by atoms with E-state index in [1.807, 2.05) is 6.92 Å². The molecule has 4 fully saturated rings. The van der Waals surface area contributed by atoms with Gasteiger partial charge in [0.05, 0.1) is 19.3 Å². The molecule has 0 spiro atoms. The standard InChI is InChI=1S/C37H56F2O2/c1-3-5-6-7-26-8-10-27(11-9-26)28-12-14-29(15-13-28)30-16-18-31(19-17-30)34-22-20-32(25-41-34)33-21-23-35(40-24-4-2)37(39)36(33)38/h3,5,21,23,26-32,34H,4,6-20,22,24-25H2,1-2H3. The zero-order valence-electron chi connectivity index (χ0n) is 25.9. The fourth-order valence-electron chi connectivity index (χ4n) is 9.10. The van der Waals surface area contributed by atoms with Crippen molar-refractivity contribution < 1.29 is 18.3 Å². The topological polar surface area (TPSA) is 18.5 Å². The number of ether oxygens (including phenoxy) is 2. The molecule has 4 heteroatoms. The molecule has 2 nitrogen and oxygen atoms in total. The highest BCUT2D eigenvalue weighted by Gasteiger charge is 2.37. The van der Waals surface area contributed by atoms with Gasteiger partial charge in [-0.1, -0.05) is 38.0 Å². The van der Waals surface area contributed by atoms with E-state index < -0.39 is 11.6 Å². The van der Waals surface area contributed by atoms with Crippen molar-refractivity contribution in [2.75, 3.05) is 13.2 Å². The lowest BCUT2D eigenvalue weighted by Crippen LogP contribution is -2.35. The second-order valence-corrected chi connectivity index (χ2v) is 14.1. The number of hydrogen-bond acceptors (Lipinski definition) is 2. The first kappa shape index (κ1) is 31.0. The van der Waals surface area contributed by atoms with E-state index in [9.17, 15) is 8.78 Å². The molecule has 4 aliphatic rings. The minimum atomic E-state index is -0.853. The molecule has 3 aliphatic carbocycles. The Morgan fingerprint density at radius 1 is 0.756 bits per heavy atom. The lowest BCUT2D eigenvalue weighted by molar-refractivity contribution is -0.0471. The Hall–Kier alpha value is -1.42. The molecular weight excluding hydrogens is 514 g/mol. The zero-order chi connectivity index (χ0) is 28.6. The zero-order valence-corrected chi connectivity index (χ0v) is 25.9. The van der Waals surface area contributed by atoms with E-state index in [1.54, 1.807) is 12.1 Å². The van der Waals surface area contributed by atoms with Crippen LogP contribution in [0.4, 0.5) is 8.78 Å². The molecule has 1 aromatic carbocycles. The van der Waals surface area contributed by atoms with Crippen molar-refractivity contribution in [2.45, 2.75) is 135 Å². The molecule has 3 saturated carbocycles. The van der Waals surface area contributed by atoms with E-state index >= 15 is 0 Å². The Balaban J connectivity index is 1.00. The first-order valence-corrected chi connectivity index (χ1v) is 17.4. The largest absolute Gasteiger partial charge is 0.490 e. The predicted octanol–water partition coefficient (Wildman–Crippen LogP) is 10.8. The summed E-state index contributed by atoms with van der Waals surface area (Å²) in [5, 5.41) is 0. The van der Waals surface area contributed by atoms with Crippen LogP contribution in [0.1, 0.15) is 134 Å². The Morgan fingerprint density at radius 3 is 1.88 bits per heavy atom. The Kier molecular flexibility index (Phi) is 11.6. The van der Waals surface area contributed by atoms with Gasteiger partial charge in [0.1, 0.15) is 0 Å². The lowest BCUT2D eigenvalue weighted by atomic mass is 9.64. The van der Waals surface area contributed by atoms with Crippen LogP contribution in [0.5, 0.6) is 5.75 Å². The van der Waals surface area contributed by atoms with E-state index in [0.29, 0.717) is 24.7 Å². The molecule has 0 aromatic heterocycles. The molecule has 2 unspecified atom stereocenters. The molecule has 0 bridgehead atoms. The van der Waals surface area contributed by atoms with Crippen LogP contribution in [0.15, 0.2) is 24.3 Å². The van der Waals surface area contributed by atoms with Crippen molar-refractivity contribution in [1.29, 1.82) is 0 Å². The summed E-state index contributed by atoms with van der Waals surface area (Å²) in [6.45, 7) is 4.99. The highest BCUT2D eigenvalue weighted by molar-refractivity contribution is 5.33. The second-order valence-electron chi connectivity index (χ2n) is 14.1. The van der Waals surface area contributed by atoms with E-state index in [1.165, 1.54) is 89.9 Å². The molecule has 0 N–H and O–H groups in total. The highest BCUT2D eigenvalue weighted by Crippen LogP contribution is 2.47. The van der Waals surface area contributed by atoms with Crippen LogP contribution in [0.2, 0.25) is 0 Å². The summed E-state index contributed by atoms with van der Waals surface area (Å²) in [5.41, 5.74) is 0.446. The molecule has 0 radical (unpaired) electrons. The van der Waals surface area contributed by atoms with Gasteiger partial charge in [0.15, 0.2) is 11.6 Å². The first-order valence-electron chi connectivity index (χ1n) is 17.4. The van der Waals surface area contributed by atoms with Gasteiger partial charge < -0.3 is 9.47 Å². The van der Waals surface area contributed by atoms with Gasteiger partial charge in [-0.25, -0.2) is 4.39 Å². The van der Waals surface area contributed by atoms with Crippen molar-refractivity contribution in [3.63, 3.8) is 0 Å². The fourth-order valence-corrected chi connectivity index (χ4v) is 9.10. The smallest absolute Gasteiger partial charge is 0.200 e. The van der Waals surface area contributed by atoms with E-state index in [0.717, 1.165) is 48.9 Å². The van der Waals surface area contributed by atoms with Crippen LogP contribution < -0.4 is 4.74 Å². The van der Waals surface area contributed by atoms with Crippen LogP contribution in [0, 0.1) is 47.1 Å². The van der Waals surface area contributed by atoms with E-state index in [4.69, 9.17) is 9.47 Å². The molecule has 1 saturated heterocycles. The maximum Gasteiger partial charge on any atom is 0.200 e. The Bertz CT molecular complexity index is 944. The average Bonchev–Trinajstić information content (AvgIpc) is 3.03. The summed E-state index contributed by atoms with van der Waals surface area (Å²) in [6, 6.07) is 3.29. The van der Waals surface area contributed by atoms with Crippen LogP contribution in [0.25, 0.3) is 0 Å². The van der Waals surface area contributed by atoms with Gasteiger partial charge >= 0.3 is 0 Å². The minimum absolute atomic E-state index is 0.0197. The van der Waals surface area contributed by atoms with Gasteiger partial charge in [-0.05, 0) is 150 Å². The lowest BCUT2D eigenvalue weighted by Gasteiger charge is -2.43. The van der Waals surface area contributed by atoms with Crippen LogP contribution >= 0.6 is 0 Å². The SMILES string of the molecule is CC=CCCC1CCC(C2CCC(C3CCC(C4CCC(c5ccc(OCCC)c(F)c5F)CO4)CC3)CC2)CC1. The monoisotopic (exact) mass is 570 g/mol. The summed E-state index contributed by atoms with van der Waals surface area (Å²) in [7, 11) is 0. The summed E-state index contributed by atoms with van der Waals surface area (Å²) in [4.78, 5) is 0. The van der Waals surface area contributed by atoms with Crippen molar-refractivity contribution in [2.24, 2.45) is 35.5 Å². The number of allylic oxidation sites excluding steroid dienone is 2. The molecular formula is C37H56F2O2. The molecule has 2 atom stereocenters. The molecule has 230 valence electrons. The van der Waals surface area contributed by atoms with E-state index in [2.05, 4.69) is 19.1 Å². The summed E-state index contributed by atoms with van der Waals surface area (Å²) >= 11 is 0. The van der Waals surface area contributed by atoms with Crippen molar-refractivity contribution in [3.8, 4) is 5.75 Å². The second kappa shape index (κ2) is 15.3. The third-order valence-electron chi connectivity index (χ3n) is 11.7. The van der Waals surface area contributed by atoms with E-state index in [-0.39, 0.29) is 17.8 Å². The number of benzene rings is 1. The summed E-state index contributed by atoms with van der Waals surface area (Å²) < 4.78 is 41.1. The van der Waals surface area contributed by atoms with Gasteiger partial charge in [0, 0.05) is 5.92 Å². The van der Waals surface area contributed by atoms with Crippen LogP contribution in [-0.2, 0) is 4.74 Å². The molecule has 0 amide bonds. The predicted molar refractivity (Wildman–Crippen MR) is 164 cm³/mol. The molecule has 1 aromatic rings. The van der Waals surface area contributed by atoms with Gasteiger partial charge in [-0.15, -0.1) is 0 Å². The van der Waals surface area contributed by atoms with Crippen molar-refractivity contribution in [3.05, 3.63) is 41.5 Å². The summed E-state index contributed by atoms with van der Waals surface area (Å²) in [5.74, 6) is 3.83. The highest BCUT2D eigenvalue weighted by atomic mass is 19.2. The average molecular weight is 571 g/mol. The van der Waals surface area contributed by atoms with Crippen molar-refractivity contribution >= 4 is 0 Å². The number of rotatable bonds is 10. The minimum Gasteiger partial charge on any atom is -0.490 e. The molecule has 41 heavy (non-hydrogen) atoms. The normalized spacial score (nSPS) is 35.0. The van der Waals surface area contributed by atoms with Crippen molar-refractivity contribution in [1.82, 2.24) is 0 Å². The number of halogens is 2. The maximum absolute atomic E-state index is 14.8. The maximum atomic E-state index is 14.8. The molecule has 1 heterocycles.